The molecule has 6 aromatic rings. The summed E-state index contributed by atoms with van der Waals surface area (Å²) in [5.41, 5.74) is 8.62. The van der Waals surface area contributed by atoms with Crippen molar-refractivity contribution in [2.45, 2.75) is 13.0 Å². The lowest BCUT2D eigenvalue weighted by molar-refractivity contribution is 0.0940. The number of benzene rings is 2. The molecule has 10 heteroatoms. The maximum atomic E-state index is 14.1. The number of hydrogen-bond acceptors (Lipinski definition) is 7. The first-order valence-corrected chi connectivity index (χ1v) is 12.4. The average Bonchev–Trinajstić information content (AvgIpc) is 3.32. The summed E-state index contributed by atoms with van der Waals surface area (Å²) >= 11 is 0. The van der Waals surface area contributed by atoms with Crippen LogP contribution < -0.4 is 16.6 Å². The second-order valence-electron chi connectivity index (χ2n) is 8.97. The van der Waals surface area contributed by atoms with E-state index < -0.39 is 11.9 Å². The molecule has 40 heavy (non-hydrogen) atoms. The molecule has 0 saturated carbocycles. The maximum Gasteiger partial charge on any atom is 0.267 e. The summed E-state index contributed by atoms with van der Waals surface area (Å²) in [6.45, 7) is 1.76. The quantitative estimate of drug-likeness (QED) is 0.337. The van der Waals surface area contributed by atoms with Gasteiger partial charge in [0.05, 0.1) is 22.6 Å². The molecule has 1 amide bonds. The fourth-order valence-corrected chi connectivity index (χ4v) is 4.50. The molecule has 0 aliphatic heterocycles. The number of aromatic nitrogens is 6. The zero-order valence-corrected chi connectivity index (χ0v) is 21.3. The van der Waals surface area contributed by atoms with Gasteiger partial charge in [-0.15, -0.1) is 5.10 Å². The molecule has 0 bridgehead atoms. The van der Waals surface area contributed by atoms with Gasteiger partial charge in [-0.3, -0.25) is 19.1 Å². The molecule has 194 valence electrons. The van der Waals surface area contributed by atoms with E-state index in [2.05, 4.69) is 32.2 Å². The van der Waals surface area contributed by atoms with Crippen LogP contribution >= 0.6 is 0 Å². The van der Waals surface area contributed by atoms with E-state index in [-0.39, 0.29) is 16.9 Å². The summed E-state index contributed by atoms with van der Waals surface area (Å²) in [6.07, 6.45) is 6.54. The smallest absolute Gasteiger partial charge is 0.267 e. The molecule has 0 aliphatic carbocycles. The van der Waals surface area contributed by atoms with Gasteiger partial charge in [0.1, 0.15) is 11.4 Å². The van der Waals surface area contributed by atoms with Gasteiger partial charge in [-0.25, -0.2) is 14.5 Å². The van der Waals surface area contributed by atoms with Crippen molar-refractivity contribution in [1.29, 1.82) is 0 Å². The standard InChI is InChI=1S/C30H22N8O2/c1-19(34-29(39)25-26(31)36-37-18-6-15-33-28(25)37)27-35-23-10-5-7-21(12-11-20-13-16-32-17-14-20)24(23)30(40)38(27)22-8-3-2-4-9-22/h2-10,13-19H,1H3,(H2,31,36)(H,34,39)/t19-/m1/s1. The van der Waals surface area contributed by atoms with Crippen molar-refractivity contribution in [1.82, 2.24) is 34.4 Å². The third-order valence-corrected chi connectivity index (χ3v) is 6.34. The van der Waals surface area contributed by atoms with Crippen molar-refractivity contribution >= 4 is 28.3 Å². The Morgan fingerprint density at radius 3 is 2.58 bits per heavy atom. The first-order valence-electron chi connectivity index (χ1n) is 12.4. The molecule has 6 rings (SSSR count). The van der Waals surface area contributed by atoms with Gasteiger partial charge in [0.25, 0.3) is 11.5 Å². The fraction of sp³-hybridized carbons (Fsp3) is 0.0667. The number of carbonyl (C=O) groups is 1. The number of anilines is 1. The van der Waals surface area contributed by atoms with Gasteiger partial charge in [0.2, 0.25) is 0 Å². The molecule has 1 atom stereocenters. The molecule has 0 spiro atoms. The molecule has 2 aromatic carbocycles. The Kier molecular flexibility index (Phi) is 6.22. The van der Waals surface area contributed by atoms with Gasteiger partial charge in [0.15, 0.2) is 11.5 Å². The van der Waals surface area contributed by atoms with Gasteiger partial charge < -0.3 is 11.1 Å². The van der Waals surface area contributed by atoms with Crippen LogP contribution in [0.1, 0.15) is 40.3 Å². The predicted molar refractivity (Wildman–Crippen MR) is 151 cm³/mol. The van der Waals surface area contributed by atoms with Gasteiger partial charge >= 0.3 is 0 Å². The van der Waals surface area contributed by atoms with E-state index in [9.17, 15) is 9.59 Å². The largest absolute Gasteiger partial charge is 0.381 e. The topological polar surface area (TPSA) is 133 Å². The van der Waals surface area contributed by atoms with Crippen LogP contribution in [-0.2, 0) is 0 Å². The first kappa shape index (κ1) is 24.5. The van der Waals surface area contributed by atoms with Crippen LogP contribution in [0.4, 0.5) is 5.82 Å². The van der Waals surface area contributed by atoms with E-state index >= 15 is 0 Å². The number of nitrogens with one attached hydrogen (secondary N) is 1. The number of amides is 1. The highest BCUT2D eigenvalue weighted by Crippen LogP contribution is 2.22. The number of pyridine rings is 1. The number of nitrogen functional groups attached to an aromatic ring is 1. The van der Waals surface area contributed by atoms with E-state index in [1.165, 1.54) is 9.08 Å². The number of hydrogen-bond donors (Lipinski definition) is 2. The Bertz CT molecular complexity index is 2000. The highest BCUT2D eigenvalue weighted by Gasteiger charge is 2.24. The normalized spacial score (nSPS) is 11.6. The van der Waals surface area contributed by atoms with E-state index in [0.717, 1.165) is 5.56 Å². The number of para-hydroxylation sites is 1. The number of carbonyl (C=O) groups excluding carboxylic acids is 1. The van der Waals surface area contributed by atoms with Crippen molar-refractivity contribution in [3.05, 3.63) is 124 Å². The van der Waals surface area contributed by atoms with Crippen molar-refractivity contribution in [2.75, 3.05) is 5.73 Å². The number of nitrogens with two attached hydrogens (primary N) is 1. The Hall–Kier alpha value is -5.82. The van der Waals surface area contributed by atoms with Crippen molar-refractivity contribution < 1.29 is 4.79 Å². The Balaban J connectivity index is 1.48. The zero-order valence-electron chi connectivity index (χ0n) is 21.3. The monoisotopic (exact) mass is 526 g/mol. The molecular formula is C30H22N8O2. The van der Waals surface area contributed by atoms with Crippen LogP contribution in [-0.4, -0.2) is 35.0 Å². The molecule has 0 fully saturated rings. The van der Waals surface area contributed by atoms with E-state index in [0.29, 0.717) is 33.6 Å². The summed E-state index contributed by atoms with van der Waals surface area (Å²) in [6, 6.07) is 19.1. The van der Waals surface area contributed by atoms with Gasteiger partial charge in [-0.2, -0.15) is 0 Å². The summed E-state index contributed by atoms with van der Waals surface area (Å²) in [7, 11) is 0. The predicted octanol–water partition coefficient (Wildman–Crippen LogP) is 3.30. The lowest BCUT2D eigenvalue weighted by Crippen LogP contribution is -2.33. The van der Waals surface area contributed by atoms with E-state index in [1.807, 2.05) is 30.3 Å². The third kappa shape index (κ3) is 4.41. The molecule has 0 saturated heterocycles. The van der Waals surface area contributed by atoms with E-state index in [1.54, 1.807) is 68.1 Å². The van der Waals surface area contributed by atoms with Crippen LogP contribution in [0.5, 0.6) is 0 Å². The van der Waals surface area contributed by atoms with Gasteiger partial charge in [-0.05, 0) is 49.4 Å². The number of nitrogens with zero attached hydrogens (tertiary/aromatic N) is 6. The van der Waals surface area contributed by atoms with Crippen LogP contribution in [0.25, 0.3) is 22.2 Å². The van der Waals surface area contributed by atoms with Crippen molar-refractivity contribution in [2.24, 2.45) is 0 Å². The maximum absolute atomic E-state index is 14.1. The number of fused-ring (bicyclic) bond motifs is 2. The third-order valence-electron chi connectivity index (χ3n) is 6.34. The molecule has 3 N–H and O–H groups in total. The zero-order chi connectivity index (χ0) is 27.6. The van der Waals surface area contributed by atoms with Gasteiger partial charge in [0, 0.05) is 35.9 Å². The Morgan fingerprint density at radius 2 is 1.77 bits per heavy atom. The molecular weight excluding hydrogens is 504 g/mol. The van der Waals surface area contributed by atoms with Crippen LogP contribution in [0.15, 0.2) is 96.3 Å². The molecule has 0 radical (unpaired) electrons. The van der Waals surface area contributed by atoms with Crippen LogP contribution in [0.2, 0.25) is 0 Å². The van der Waals surface area contributed by atoms with Crippen molar-refractivity contribution in [3.8, 4) is 17.5 Å². The lowest BCUT2D eigenvalue weighted by Gasteiger charge is -2.20. The fourth-order valence-electron chi connectivity index (χ4n) is 4.50. The molecule has 4 heterocycles. The minimum atomic E-state index is -0.686. The molecule has 0 unspecified atom stereocenters. The summed E-state index contributed by atoms with van der Waals surface area (Å²) in [5, 5.41) is 7.47. The summed E-state index contributed by atoms with van der Waals surface area (Å²) < 4.78 is 2.94. The summed E-state index contributed by atoms with van der Waals surface area (Å²) in [4.78, 5) is 40.6. The first-order chi connectivity index (χ1) is 19.5. The van der Waals surface area contributed by atoms with Crippen LogP contribution in [0, 0.1) is 11.8 Å². The average molecular weight is 527 g/mol. The molecule has 0 aliphatic rings. The highest BCUT2D eigenvalue weighted by atomic mass is 16.2. The second kappa shape index (κ2) is 10.2. The Morgan fingerprint density at radius 1 is 0.975 bits per heavy atom. The van der Waals surface area contributed by atoms with Gasteiger partial charge in [-0.1, -0.05) is 36.1 Å². The van der Waals surface area contributed by atoms with Crippen molar-refractivity contribution in [3.63, 3.8) is 0 Å². The minimum absolute atomic E-state index is 0.0488. The van der Waals surface area contributed by atoms with Crippen LogP contribution in [0.3, 0.4) is 0 Å². The lowest BCUT2D eigenvalue weighted by atomic mass is 10.1. The minimum Gasteiger partial charge on any atom is -0.381 e. The van der Waals surface area contributed by atoms with E-state index in [4.69, 9.17) is 10.7 Å². The number of rotatable bonds is 4. The molecule has 4 aromatic heterocycles. The second-order valence-corrected chi connectivity index (χ2v) is 8.97. The summed E-state index contributed by atoms with van der Waals surface area (Å²) in [5.74, 6) is 6.12. The Labute approximate surface area is 228 Å². The SMILES string of the molecule is C[C@@H](NC(=O)c1c(N)nn2cccnc12)c1nc2cccc(C#Cc3ccncc3)c2c(=O)n1-c1ccccc1. The molecule has 10 nitrogen and oxygen atoms in total. The highest BCUT2D eigenvalue weighted by molar-refractivity contribution is 6.04.